The van der Waals surface area contributed by atoms with Gasteiger partial charge in [-0.15, -0.1) is 0 Å². The fourth-order valence-electron chi connectivity index (χ4n) is 3.82. The molecule has 0 saturated carbocycles. The monoisotopic (exact) mass is 446 g/mol. The number of amides is 1. The fraction of sp³-hybridized carbons (Fsp3) is 0.133. The number of nitrogens with zero attached hydrogens (tertiary/aromatic N) is 1. The number of carbonyl (C=O) groups excluding carboxylic acids is 1. The zero-order chi connectivity index (χ0) is 24.1. The van der Waals surface area contributed by atoms with Gasteiger partial charge >= 0.3 is 0 Å². The maximum absolute atomic E-state index is 12.9. The molecule has 1 amide bonds. The SMILES string of the molecule is Cc1cccc(NC(=O)/C(C#N)=C/c2c(OCc3ccc(C)c(C)c3)ccc3ccccc23)c1. The Morgan fingerprint density at radius 2 is 1.76 bits per heavy atom. The molecule has 4 nitrogen and oxygen atoms in total. The summed E-state index contributed by atoms with van der Waals surface area (Å²) in [5, 5.41) is 14.5. The number of aryl methyl sites for hydroxylation is 3. The number of nitriles is 1. The zero-order valence-electron chi connectivity index (χ0n) is 19.6. The predicted molar refractivity (Wildman–Crippen MR) is 138 cm³/mol. The van der Waals surface area contributed by atoms with E-state index in [2.05, 4.69) is 43.4 Å². The summed E-state index contributed by atoms with van der Waals surface area (Å²) in [5.41, 5.74) is 5.89. The van der Waals surface area contributed by atoms with E-state index < -0.39 is 5.91 Å². The van der Waals surface area contributed by atoms with E-state index in [9.17, 15) is 10.1 Å². The van der Waals surface area contributed by atoms with Crippen LogP contribution in [-0.2, 0) is 11.4 Å². The Morgan fingerprint density at radius 1 is 0.941 bits per heavy atom. The predicted octanol–water partition coefficient (Wildman–Crippen LogP) is 6.89. The Kier molecular flexibility index (Phi) is 6.75. The summed E-state index contributed by atoms with van der Waals surface area (Å²) in [6, 6.07) is 27.5. The van der Waals surface area contributed by atoms with E-state index in [-0.39, 0.29) is 5.57 Å². The highest BCUT2D eigenvalue weighted by Crippen LogP contribution is 2.31. The molecule has 4 heteroatoms. The Balaban J connectivity index is 1.70. The van der Waals surface area contributed by atoms with Crippen molar-refractivity contribution in [3.05, 3.63) is 112 Å². The summed E-state index contributed by atoms with van der Waals surface area (Å²) < 4.78 is 6.20. The minimum Gasteiger partial charge on any atom is -0.488 e. The molecule has 0 bridgehead atoms. The summed E-state index contributed by atoms with van der Waals surface area (Å²) in [5.74, 6) is 0.161. The number of nitrogens with one attached hydrogen (secondary N) is 1. The third kappa shape index (κ3) is 5.16. The van der Waals surface area contributed by atoms with Crippen LogP contribution in [0.15, 0.2) is 84.4 Å². The largest absolute Gasteiger partial charge is 0.488 e. The molecule has 0 fully saturated rings. The highest BCUT2D eigenvalue weighted by molar-refractivity contribution is 6.11. The number of hydrogen-bond donors (Lipinski definition) is 1. The van der Waals surface area contributed by atoms with Gasteiger partial charge in [0.05, 0.1) is 0 Å². The van der Waals surface area contributed by atoms with Crippen molar-refractivity contribution in [3.63, 3.8) is 0 Å². The van der Waals surface area contributed by atoms with Gasteiger partial charge in [0.15, 0.2) is 0 Å². The first-order valence-corrected chi connectivity index (χ1v) is 11.1. The van der Waals surface area contributed by atoms with E-state index in [1.54, 1.807) is 12.1 Å². The maximum atomic E-state index is 12.9. The summed E-state index contributed by atoms with van der Waals surface area (Å²) in [6.45, 7) is 6.50. The Bertz CT molecular complexity index is 1440. The minimum atomic E-state index is -0.457. The molecule has 0 aliphatic carbocycles. The van der Waals surface area contributed by atoms with Gasteiger partial charge in [-0.05, 0) is 78.1 Å². The first-order valence-electron chi connectivity index (χ1n) is 11.1. The maximum Gasteiger partial charge on any atom is 0.266 e. The molecule has 4 rings (SSSR count). The van der Waals surface area contributed by atoms with Gasteiger partial charge in [-0.3, -0.25) is 4.79 Å². The van der Waals surface area contributed by atoms with Crippen LogP contribution < -0.4 is 10.1 Å². The van der Waals surface area contributed by atoms with Crippen LogP contribution in [-0.4, -0.2) is 5.91 Å². The van der Waals surface area contributed by atoms with Crippen molar-refractivity contribution in [2.45, 2.75) is 27.4 Å². The Morgan fingerprint density at radius 3 is 2.53 bits per heavy atom. The topological polar surface area (TPSA) is 62.1 Å². The van der Waals surface area contributed by atoms with Crippen LogP contribution in [0.5, 0.6) is 5.75 Å². The average Bonchev–Trinajstić information content (AvgIpc) is 2.83. The fourth-order valence-corrected chi connectivity index (χ4v) is 3.82. The summed E-state index contributed by atoms with van der Waals surface area (Å²) in [6.07, 6.45) is 1.61. The highest BCUT2D eigenvalue weighted by atomic mass is 16.5. The van der Waals surface area contributed by atoms with Crippen molar-refractivity contribution in [3.8, 4) is 11.8 Å². The molecule has 0 aliphatic heterocycles. The zero-order valence-corrected chi connectivity index (χ0v) is 19.6. The molecule has 4 aromatic rings. The van der Waals surface area contributed by atoms with Gasteiger partial charge in [0, 0.05) is 11.3 Å². The highest BCUT2D eigenvalue weighted by Gasteiger charge is 2.14. The van der Waals surface area contributed by atoms with Gasteiger partial charge in [-0.1, -0.05) is 60.7 Å². The van der Waals surface area contributed by atoms with Gasteiger partial charge in [0.2, 0.25) is 0 Å². The number of hydrogen-bond acceptors (Lipinski definition) is 3. The van der Waals surface area contributed by atoms with Crippen molar-refractivity contribution in [2.24, 2.45) is 0 Å². The molecule has 0 radical (unpaired) electrons. The lowest BCUT2D eigenvalue weighted by molar-refractivity contribution is -0.112. The molecular formula is C30H26N2O2. The minimum absolute atomic E-state index is 0.00823. The lowest BCUT2D eigenvalue weighted by Gasteiger charge is -2.13. The molecule has 1 N–H and O–H groups in total. The molecule has 0 heterocycles. The Hall–Kier alpha value is -4.36. The van der Waals surface area contributed by atoms with Crippen LogP contribution in [0, 0.1) is 32.1 Å². The van der Waals surface area contributed by atoms with Crippen molar-refractivity contribution in [1.82, 2.24) is 0 Å². The van der Waals surface area contributed by atoms with E-state index in [4.69, 9.17) is 4.74 Å². The molecule has 0 saturated heterocycles. The number of anilines is 1. The van der Waals surface area contributed by atoms with Gasteiger partial charge < -0.3 is 10.1 Å². The third-order valence-electron chi connectivity index (χ3n) is 5.83. The normalized spacial score (nSPS) is 11.2. The molecule has 4 aromatic carbocycles. The van der Waals surface area contributed by atoms with Crippen molar-refractivity contribution < 1.29 is 9.53 Å². The van der Waals surface area contributed by atoms with E-state index in [0.29, 0.717) is 23.6 Å². The number of carbonyl (C=O) groups is 1. The first-order chi connectivity index (χ1) is 16.4. The summed E-state index contributed by atoms with van der Waals surface area (Å²) in [7, 11) is 0. The van der Waals surface area contributed by atoms with Crippen LogP contribution >= 0.6 is 0 Å². The molecule has 34 heavy (non-hydrogen) atoms. The van der Waals surface area contributed by atoms with Gasteiger partial charge in [-0.2, -0.15) is 5.26 Å². The van der Waals surface area contributed by atoms with Crippen molar-refractivity contribution in [1.29, 1.82) is 5.26 Å². The van der Waals surface area contributed by atoms with Crippen LogP contribution in [0.2, 0.25) is 0 Å². The Labute approximate surface area is 200 Å². The van der Waals surface area contributed by atoms with E-state index in [0.717, 1.165) is 21.9 Å². The smallest absolute Gasteiger partial charge is 0.266 e. The van der Waals surface area contributed by atoms with E-state index in [1.807, 2.05) is 61.5 Å². The van der Waals surface area contributed by atoms with Gasteiger partial charge in [0.1, 0.15) is 24.0 Å². The second-order valence-corrected chi connectivity index (χ2v) is 8.40. The third-order valence-corrected chi connectivity index (χ3v) is 5.83. The van der Waals surface area contributed by atoms with Crippen LogP contribution in [0.1, 0.15) is 27.8 Å². The number of ether oxygens (including phenoxy) is 1. The lowest BCUT2D eigenvalue weighted by atomic mass is 10.0. The second-order valence-electron chi connectivity index (χ2n) is 8.40. The van der Waals surface area contributed by atoms with Crippen LogP contribution in [0.4, 0.5) is 5.69 Å². The van der Waals surface area contributed by atoms with Gasteiger partial charge in [0.25, 0.3) is 5.91 Å². The molecule has 0 aromatic heterocycles. The lowest BCUT2D eigenvalue weighted by Crippen LogP contribution is -2.13. The molecule has 0 unspecified atom stereocenters. The van der Waals surface area contributed by atoms with E-state index in [1.165, 1.54) is 11.1 Å². The number of fused-ring (bicyclic) bond motifs is 1. The van der Waals surface area contributed by atoms with Gasteiger partial charge in [-0.25, -0.2) is 0 Å². The second kappa shape index (κ2) is 10.1. The first kappa shape index (κ1) is 22.8. The molecule has 168 valence electrons. The number of benzene rings is 4. The molecule has 0 aliphatic rings. The number of rotatable bonds is 6. The van der Waals surface area contributed by atoms with Crippen LogP contribution in [0.3, 0.4) is 0 Å². The summed E-state index contributed by atoms with van der Waals surface area (Å²) in [4.78, 5) is 12.9. The van der Waals surface area contributed by atoms with Crippen LogP contribution in [0.25, 0.3) is 16.8 Å². The molecule has 0 spiro atoms. The van der Waals surface area contributed by atoms with Crippen molar-refractivity contribution >= 4 is 28.4 Å². The standard InChI is InChI=1S/C30H26N2O2/c1-20-7-6-9-26(15-20)32-30(33)25(18-31)17-28-27-10-5-4-8-24(27)13-14-29(28)34-19-23-12-11-21(2)22(3)16-23/h4-17H,19H2,1-3H3,(H,32,33)/b25-17+. The molecule has 0 atom stereocenters. The quantitative estimate of drug-likeness (QED) is 0.259. The van der Waals surface area contributed by atoms with Crippen molar-refractivity contribution in [2.75, 3.05) is 5.32 Å². The molecular weight excluding hydrogens is 420 g/mol. The van der Waals surface area contributed by atoms with E-state index >= 15 is 0 Å². The average molecular weight is 447 g/mol. The summed E-state index contributed by atoms with van der Waals surface area (Å²) >= 11 is 0.